The number of aromatic nitrogens is 1. The summed E-state index contributed by atoms with van der Waals surface area (Å²) in [5, 5.41) is 10.2. The van der Waals surface area contributed by atoms with Gasteiger partial charge in [-0.3, -0.25) is 14.6 Å². The summed E-state index contributed by atoms with van der Waals surface area (Å²) in [5.41, 5.74) is 0.862. The maximum absolute atomic E-state index is 12.6. The van der Waals surface area contributed by atoms with Crippen LogP contribution in [-0.2, 0) is 14.3 Å². The Balaban J connectivity index is 2.43. The van der Waals surface area contributed by atoms with Gasteiger partial charge in [0, 0.05) is 32.5 Å². The van der Waals surface area contributed by atoms with Gasteiger partial charge in [-0.15, -0.1) is 0 Å². The first kappa shape index (κ1) is 17.1. The summed E-state index contributed by atoms with van der Waals surface area (Å²) < 4.78 is 5.04. The lowest BCUT2D eigenvalue weighted by atomic mass is 9.93. The van der Waals surface area contributed by atoms with E-state index in [0.717, 1.165) is 0 Å². The highest BCUT2D eigenvalue weighted by Crippen LogP contribution is 2.38. The molecule has 0 fully saturated rings. The van der Waals surface area contributed by atoms with E-state index in [1.807, 2.05) is 13.8 Å². The van der Waals surface area contributed by atoms with Crippen molar-refractivity contribution in [3.8, 4) is 0 Å². The number of aliphatic hydroxyl groups excluding tert-OH is 1. The SMILES string of the molecule is COCCN1C(=O)C(O)=C(C(=O)CC(C)C)C1c1cccnc1. The van der Waals surface area contributed by atoms with Gasteiger partial charge in [0.15, 0.2) is 11.5 Å². The van der Waals surface area contributed by atoms with Gasteiger partial charge in [-0.25, -0.2) is 0 Å². The fourth-order valence-corrected chi connectivity index (χ4v) is 2.72. The number of rotatable bonds is 7. The van der Waals surface area contributed by atoms with Gasteiger partial charge in [-0.1, -0.05) is 19.9 Å². The molecule has 2 heterocycles. The fourth-order valence-electron chi connectivity index (χ4n) is 2.72. The molecular weight excluding hydrogens is 296 g/mol. The van der Waals surface area contributed by atoms with Crippen LogP contribution in [0, 0.1) is 5.92 Å². The lowest BCUT2D eigenvalue weighted by molar-refractivity contribution is -0.130. The van der Waals surface area contributed by atoms with Gasteiger partial charge < -0.3 is 14.7 Å². The molecule has 1 aromatic heterocycles. The van der Waals surface area contributed by atoms with Crippen LogP contribution in [0.25, 0.3) is 0 Å². The Morgan fingerprint density at radius 3 is 2.78 bits per heavy atom. The fraction of sp³-hybridized carbons (Fsp3) is 0.471. The van der Waals surface area contributed by atoms with Crippen LogP contribution in [0.5, 0.6) is 0 Å². The average Bonchev–Trinajstić information content (AvgIpc) is 2.77. The van der Waals surface area contributed by atoms with E-state index in [2.05, 4.69) is 4.98 Å². The molecule has 1 amide bonds. The Labute approximate surface area is 135 Å². The van der Waals surface area contributed by atoms with Crippen LogP contribution in [0.15, 0.2) is 35.9 Å². The van der Waals surface area contributed by atoms with Crippen molar-refractivity contribution in [1.29, 1.82) is 0 Å². The van der Waals surface area contributed by atoms with Gasteiger partial charge >= 0.3 is 0 Å². The zero-order valence-electron chi connectivity index (χ0n) is 13.7. The number of pyridine rings is 1. The maximum Gasteiger partial charge on any atom is 0.290 e. The minimum atomic E-state index is -0.613. The van der Waals surface area contributed by atoms with Crippen LogP contribution in [0.4, 0.5) is 0 Å². The molecule has 1 aliphatic heterocycles. The molecule has 0 saturated heterocycles. The van der Waals surface area contributed by atoms with Crippen molar-refractivity contribution >= 4 is 11.7 Å². The highest BCUT2D eigenvalue weighted by Gasteiger charge is 2.43. The van der Waals surface area contributed by atoms with Crippen molar-refractivity contribution in [1.82, 2.24) is 9.88 Å². The molecule has 1 N–H and O–H groups in total. The number of nitrogens with zero attached hydrogens (tertiary/aromatic N) is 2. The molecular formula is C17H22N2O4. The molecule has 0 spiro atoms. The third kappa shape index (κ3) is 3.59. The second-order valence-electron chi connectivity index (χ2n) is 5.96. The largest absolute Gasteiger partial charge is 0.503 e. The Morgan fingerprint density at radius 1 is 1.48 bits per heavy atom. The first-order chi connectivity index (χ1) is 11.0. The predicted octanol–water partition coefficient (Wildman–Crippen LogP) is 2.04. The van der Waals surface area contributed by atoms with E-state index in [0.29, 0.717) is 12.2 Å². The van der Waals surface area contributed by atoms with E-state index < -0.39 is 17.7 Å². The minimum Gasteiger partial charge on any atom is -0.503 e. The highest BCUT2D eigenvalue weighted by atomic mass is 16.5. The van der Waals surface area contributed by atoms with E-state index in [9.17, 15) is 14.7 Å². The lowest BCUT2D eigenvalue weighted by Crippen LogP contribution is -2.34. The third-order valence-electron chi connectivity index (χ3n) is 3.73. The van der Waals surface area contributed by atoms with Crippen LogP contribution < -0.4 is 0 Å². The van der Waals surface area contributed by atoms with E-state index in [1.165, 1.54) is 12.0 Å². The number of methoxy groups -OCH3 is 1. The summed E-state index contributed by atoms with van der Waals surface area (Å²) in [6.45, 7) is 4.46. The number of ketones is 1. The van der Waals surface area contributed by atoms with E-state index >= 15 is 0 Å². The molecule has 1 atom stereocenters. The van der Waals surface area contributed by atoms with Crippen molar-refractivity contribution in [3.05, 3.63) is 41.4 Å². The van der Waals surface area contributed by atoms with Crippen molar-refractivity contribution in [3.63, 3.8) is 0 Å². The normalized spacial score (nSPS) is 18.2. The molecule has 0 bridgehead atoms. The number of hydrogen-bond acceptors (Lipinski definition) is 5. The quantitative estimate of drug-likeness (QED) is 0.832. The number of hydrogen-bond donors (Lipinski definition) is 1. The summed E-state index contributed by atoms with van der Waals surface area (Å²) in [7, 11) is 1.54. The van der Waals surface area contributed by atoms with Gasteiger partial charge in [-0.2, -0.15) is 0 Å². The molecule has 0 radical (unpaired) electrons. The lowest BCUT2D eigenvalue weighted by Gasteiger charge is -2.26. The van der Waals surface area contributed by atoms with Crippen molar-refractivity contribution in [2.45, 2.75) is 26.3 Å². The summed E-state index contributed by atoms with van der Waals surface area (Å²) in [6.07, 6.45) is 3.51. The molecule has 2 rings (SSSR count). The van der Waals surface area contributed by atoms with Crippen LogP contribution in [0.2, 0.25) is 0 Å². The molecule has 23 heavy (non-hydrogen) atoms. The molecule has 6 nitrogen and oxygen atoms in total. The number of Topliss-reactive ketones (excluding diaryl/α,β-unsaturated/α-hetero) is 1. The second-order valence-corrected chi connectivity index (χ2v) is 5.96. The molecule has 0 saturated carbocycles. The summed E-state index contributed by atoms with van der Waals surface area (Å²) in [4.78, 5) is 30.5. The van der Waals surface area contributed by atoms with Gasteiger partial charge in [0.05, 0.1) is 18.2 Å². The second kappa shape index (κ2) is 7.37. The third-order valence-corrected chi connectivity index (χ3v) is 3.73. The topological polar surface area (TPSA) is 79.7 Å². The van der Waals surface area contributed by atoms with Crippen molar-refractivity contribution in [2.24, 2.45) is 5.92 Å². The van der Waals surface area contributed by atoms with E-state index in [4.69, 9.17) is 4.74 Å². The van der Waals surface area contributed by atoms with Gasteiger partial charge in [-0.05, 0) is 17.5 Å². The number of carbonyl (C=O) groups excluding carboxylic acids is 2. The number of ether oxygens (including phenoxy) is 1. The average molecular weight is 318 g/mol. The van der Waals surface area contributed by atoms with E-state index in [-0.39, 0.29) is 30.2 Å². The first-order valence-electron chi connectivity index (χ1n) is 7.63. The Morgan fingerprint density at radius 2 is 2.22 bits per heavy atom. The summed E-state index contributed by atoms with van der Waals surface area (Å²) in [6, 6.07) is 2.93. The van der Waals surface area contributed by atoms with E-state index in [1.54, 1.807) is 24.5 Å². The van der Waals surface area contributed by atoms with Crippen LogP contribution >= 0.6 is 0 Å². The standard InChI is InChI=1S/C17H22N2O4/c1-11(2)9-13(20)14-15(12-5-4-6-18-10-12)19(7-8-23-3)17(22)16(14)21/h4-6,10-11,15,21H,7-9H2,1-3H3. The molecule has 1 unspecified atom stereocenters. The first-order valence-corrected chi connectivity index (χ1v) is 7.63. The van der Waals surface area contributed by atoms with Crippen molar-refractivity contribution in [2.75, 3.05) is 20.3 Å². The Kier molecular flexibility index (Phi) is 5.50. The number of amides is 1. The molecule has 6 heteroatoms. The zero-order valence-corrected chi connectivity index (χ0v) is 13.7. The highest BCUT2D eigenvalue weighted by molar-refractivity contribution is 6.08. The predicted molar refractivity (Wildman–Crippen MR) is 84.7 cm³/mol. The molecule has 124 valence electrons. The molecule has 0 aliphatic carbocycles. The Hall–Kier alpha value is -2.21. The maximum atomic E-state index is 12.6. The number of carbonyl (C=O) groups is 2. The minimum absolute atomic E-state index is 0.139. The molecule has 1 aliphatic rings. The monoisotopic (exact) mass is 318 g/mol. The number of aliphatic hydroxyl groups is 1. The smallest absolute Gasteiger partial charge is 0.290 e. The summed E-state index contributed by atoms with van der Waals surface area (Å²) in [5.74, 6) is -1.07. The van der Waals surface area contributed by atoms with Crippen molar-refractivity contribution < 1.29 is 19.4 Å². The van der Waals surface area contributed by atoms with Gasteiger partial charge in [0.25, 0.3) is 5.91 Å². The van der Waals surface area contributed by atoms with Crippen LogP contribution in [-0.4, -0.2) is 46.9 Å². The van der Waals surface area contributed by atoms with Crippen LogP contribution in [0.3, 0.4) is 0 Å². The summed E-state index contributed by atoms with van der Waals surface area (Å²) >= 11 is 0. The van der Waals surface area contributed by atoms with Gasteiger partial charge in [0.2, 0.25) is 0 Å². The zero-order chi connectivity index (χ0) is 17.0. The van der Waals surface area contributed by atoms with Gasteiger partial charge in [0.1, 0.15) is 0 Å². The molecule has 1 aromatic rings. The Bertz CT molecular complexity index is 610. The van der Waals surface area contributed by atoms with Crippen LogP contribution in [0.1, 0.15) is 31.9 Å². The molecule has 0 aromatic carbocycles.